The third kappa shape index (κ3) is 5.82. The number of benzene rings is 1. The van der Waals surface area contributed by atoms with Crippen molar-refractivity contribution in [1.29, 1.82) is 0 Å². The fourth-order valence-corrected chi connectivity index (χ4v) is 4.13. The van der Waals surface area contributed by atoms with Crippen LogP contribution in [0, 0.1) is 6.92 Å². The standard InChI is InChI=1S/C23H26N6O2S/c1-17-5-7-18(8-6-17)15-25-21(30)14-19-16-32-22(26-19)27-23(31)29-12-10-28(11-13-29)20-4-2-3-9-24-20/h2-9,16H,10-15H2,1H3,(H,25,30)(H,26,27,31). The molecule has 2 aromatic heterocycles. The number of amides is 3. The van der Waals surface area contributed by atoms with Gasteiger partial charge in [-0.25, -0.2) is 14.8 Å². The molecule has 0 radical (unpaired) electrons. The van der Waals surface area contributed by atoms with Crippen molar-refractivity contribution in [3.05, 3.63) is 70.9 Å². The number of nitrogens with zero attached hydrogens (tertiary/aromatic N) is 4. The first kappa shape index (κ1) is 21.8. The van der Waals surface area contributed by atoms with E-state index in [0.29, 0.717) is 30.5 Å². The molecule has 1 aromatic carbocycles. The van der Waals surface area contributed by atoms with Crippen LogP contribution in [0.3, 0.4) is 0 Å². The van der Waals surface area contributed by atoms with Crippen LogP contribution in [-0.4, -0.2) is 53.0 Å². The van der Waals surface area contributed by atoms with Crippen LogP contribution in [0.15, 0.2) is 54.0 Å². The predicted octanol–water partition coefficient (Wildman–Crippen LogP) is 3.06. The first-order chi connectivity index (χ1) is 15.6. The first-order valence-electron chi connectivity index (χ1n) is 10.6. The van der Waals surface area contributed by atoms with Gasteiger partial charge >= 0.3 is 6.03 Å². The zero-order chi connectivity index (χ0) is 22.3. The van der Waals surface area contributed by atoms with Gasteiger partial charge in [0.05, 0.1) is 12.1 Å². The minimum absolute atomic E-state index is 0.0978. The average Bonchev–Trinajstić information content (AvgIpc) is 3.26. The summed E-state index contributed by atoms with van der Waals surface area (Å²) in [6.07, 6.45) is 1.96. The van der Waals surface area contributed by atoms with E-state index in [0.717, 1.165) is 24.5 Å². The highest BCUT2D eigenvalue weighted by Gasteiger charge is 2.22. The number of hydrogen-bond acceptors (Lipinski definition) is 6. The zero-order valence-electron chi connectivity index (χ0n) is 18.0. The fraction of sp³-hybridized carbons (Fsp3) is 0.304. The van der Waals surface area contributed by atoms with Crippen molar-refractivity contribution in [3.63, 3.8) is 0 Å². The maximum absolute atomic E-state index is 12.6. The maximum atomic E-state index is 12.6. The molecule has 0 unspecified atom stereocenters. The first-order valence-corrected chi connectivity index (χ1v) is 11.4. The highest BCUT2D eigenvalue weighted by molar-refractivity contribution is 7.13. The summed E-state index contributed by atoms with van der Waals surface area (Å²) in [4.78, 5) is 37.5. The molecular formula is C23H26N6O2S. The molecule has 3 heterocycles. The number of thiazole rings is 1. The molecule has 1 aliphatic heterocycles. The van der Waals surface area contributed by atoms with Gasteiger partial charge in [0, 0.05) is 44.3 Å². The summed E-state index contributed by atoms with van der Waals surface area (Å²) in [6.45, 7) is 5.20. The molecule has 0 spiro atoms. The molecule has 2 N–H and O–H groups in total. The molecule has 0 bridgehead atoms. The van der Waals surface area contributed by atoms with Crippen molar-refractivity contribution >= 4 is 34.2 Å². The van der Waals surface area contributed by atoms with Crippen molar-refractivity contribution in [2.75, 3.05) is 36.4 Å². The molecule has 166 valence electrons. The van der Waals surface area contributed by atoms with Gasteiger partial charge in [-0.05, 0) is 24.6 Å². The molecule has 0 aliphatic carbocycles. The van der Waals surface area contributed by atoms with E-state index in [1.807, 2.05) is 49.4 Å². The molecular weight excluding hydrogens is 424 g/mol. The predicted molar refractivity (Wildman–Crippen MR) is 126 cm³/mol. The largest absolute Gasteiger partial charge is 0.353 e. The normalized spacial score (nSPS) is 13.7. The van der Waals surface area contributed by atoms with Gasteiger partial charge in [0.1, 0.15) is 5.82 Å². The van der Waals surface area contributed by atoms with Crippen LogP contribution in [0.2, 0.25) is 0 Å². The number of carbonyl (C=O) groups is 2. The Hall–Kier alpha value is -3.46. The molecule has 1 aliphatic rings. The lowest BCUT2D eigenvalue weighted by Gasteiger charge is -2.35. The number of urea groups is 1. The summed E-state index contributed by atoms with van der Waals surface area (Å²) < 4.78 is 0. The number of hydrogen-bond donors (Lipinski definition) is 2. The summed E-state index contributed by atoms with van der Waals surface area (Å²) >= 11 is 1.33. The lowest BCUT2D eigenvalue weighted by molar-refractivity contribution is -0.120. The van der Waals surface area contributed by atoms with Crippen LogP contribution in [-0.2, 0) is 17.8 Å². The minimum Gasteiger partial charge on any atom is -0.353 e. The molecule has 1 saturated heterocycles. The van der Waals surface area contributed by atoms with Gasteiger partial charge in [0.25, 0.3) is 0 Å². The number of nitrogens with one attached hydrogen (secondary N) is 2. The van der Waals surface area contributed by atoms with Crippen molar-refractivity contribution in [1.82, 2.24) is 20.2 Å². The maximum Gasteiger partial charge on any atom is 0.323 e. The second-order valence-electron chi connectivity index (χ2n) is 7.68. The van der Waals surface area contributed by atoms with Crippen LogP contribution < -0.4 is 15.5 Å². The number of aromatic nitrogens is 2. The summed E-state index contributed by atoms with van der Waals surface area (Å²) in [5, 5.41) is 8.07. The van der Waals surface area contributed by atoms with Crippen molar-refractivity contribution in [2.24, 2.45) is 0 Å². The van der Waals surface area contributed by atoms with Gasteiger partial charge in [-0.2, -0.15) is 0 Å². The van der Waals surface area contributed by atoms with Gasteiger partial charge < -0.3 is 15.1 Å². The van der Waals surface area contributed by atoms with Crippen LogP contribution in [0.25, 0.3) is 0 Å². The number of pyridine rings is 1. The van der Waals surface area contributed by atoms with Gasteiger partial charge in [0.2, 0.25) is 5.91 Å². The average molecular weight is 451 g/mol. The monoisotopic (exact) mass is 450 g/mol. The Morgan fingerprint density at radius 2 is 1.84 bits per heavy atom. The Kier molecular flexibility index (Phi) is 6.96. The topological polar surface area (TPSA) is 90.5 Å². The van der Waals surface area contributed by atoms with Crippen molar-refractivity contribution in [2.45, 2.75) is 19.9 Å². The third-order valence-corrected chi connectivity index (χ3v) is 6.06. The van der Waals surface area contributed by atoms with Crippen LogP contribution in [0.1, 0.15) is 16.8 Å². The SMILES string of the molecule is Cc1ccc(CNC(=O)Cc2csc(NC(=O)N3CCN(c4ccccn4)CC3)n2)cc1. The lowest BCUT2D eigenvalue weighted by atomic mass is 10.1. The van der Waals surface area contributed by atoms with Crippen LogP contribution in [0.4, 0.5) is 15.7 Å². The molecule has 9 heteroatoms. The van der Waals surface area contributed by atoms with Gasteiger partial charge in [-0.3, -0.25) is 10.1 Å². The molecule has 0 saturated carbocycles. The molecule has 1 fully saturated rings. The highest BCUT2D eigenvalue weighted by atomic mass is 32.1. The van der Waals surface area contributed by atoms with E-state index < -0.39 is 0 Å². The highest BCUT2D eigenvalue weighted by Crippen LogP contribution is 2.18. The Labute approximate surface area is 191 Å². The number of aryl methyl sites for hydroxylation is 1. The van der Waals surface area contributed by atoms with Gasteiger partial charge in [0.15, 0.2) is 5.13 Å². The summed E-state index contributed by atoms with van der Waals surface area (Å²) in [5.74, 6) is 0.831. The Bertz CT molecular complexity index is 1050. The summed E-state index contributed by atoms with van der Waals surface area (Å²) in [5.41, 5.74) is 2.89. The number of rotatable bonds is 6. The summed E-state index contributed by atoms with van der Waals surface area (Å²) in [6, 6.07) is 13.7. The molecule has 8 nitrogen and oxygen atoms in total. The quantitative estimate of drug-likeness (QED) is 0.602. The second kappa shape index (κ2) is 10.2. The van der Waals surface area contributed by atoms with E-state index in [1.165, 1.54) is 16.9 Å². The fourth-order valence-electron chi connectivity index (χ4n) is 3.43. The van der Waals surface area contributed by atoms with E-state index in [1.54, 1.807) is 16.5 Å². The Morgan fingerprint density at radius 3 is 2.56 bits per heavy atom. The van der Waals surface area contributed by atoms with Crippen molar-refractivity contribution in [3.8, 4) is 0 Å². The van der Waals surface area contributed by atoms with Crippen LogP contribution in [0.5, 0.6) is 0 Å². The van der Waals surface area contributed by atoms with E-state index in [-0.39, 0.29) is 18.4 Å². The van der Waals surface area contributed by atoms with Gasteiger partial charge in [-0.1, -0.05) is 35.9 Å². The van der Waals surface area contributed by atoms with Crippen molar-refractivity contribution < 1.29 is 9.59 Å². The third-order valence-electron chi connectivity index (χ3n) is 5.26. The zero-order valence-corrected chi connectivity index (χ0v) is 18.8. The number of piperazine rings is 1. The minimum atomic E-state index is -0.171. The van der Waals surface area contributed by atoms with Gasteiger partial charge in [-0.15, -0.1) is 11.3 Å². The summed E-state index contributed by atoms with van der Waals surface area (Å²) in [7, 11) is 0. The molecule has 4 rings (SSSR count). The lowest BCUT2D eigenvalue weighted by Crippen LogP contribution is -2.50. The smallest absolute Gasteiger partial charge is 0.323 e. The van der Waals surface area contributed by atoms with E-state index in [2.05, 4.69) is 25.5 Å². The van der Waals surface area contributed by atoms with Crippen LogP contribution >= 0.6 is 11.3 Å². The number of carbonyl (C=O) groups excluding carboxylic acids is 2. The Balaban J connectivity index is 1.22. The number of anilines is 2. The van der Waals surface area contributed by atoms with E-state index in [9.17, 15) is 9.59 Å². The second-order valence-corrected chi connectivity index (χ2v) is 8.53. The molecule has 3 aromatic rings. The molecule has 32 heavy (non-hydrogen) atoms. The van der Waals surface area contributed by atoms with E-state index in [4.69, 9.17) is 0 Å². The Morgan fingerprint density at radius 1 is 1.06 bits per heavy atom. The molecule has 0 atom stereocenters. The van der Waals surface area contributed by atoms with E-state index >= 15 is 0 Å². The molecule has 3 amide bonds.